The first-order chi connectivity index (χ1) is 9.95. The maximum Gasteiger partial charge on any atom is 0.274 e. The molecule has 0 spiro atoms. The lowest BCUT2D eigenvalue weighted by Crippen LogP contribution is -2.47. The molecule has 2 amide bonds. The van der Waals surface area contributed by atoms with Crippen LogP contribution in [0.25, 0.3) is 0 Å². The van der Waals surface area contributed by atoms with Gasteiger partial charge in [0.05, 0.1) is 6.07 Å². The SMILES string of the molecule is CC(C)C[C@@H](NC(=O)c1ncccc1O)C(=O)NCC#N. The predicted molar refractivity (Wildman–Crippen MR) is 75.2 cm³/mol. The Morgan fingerprint density at radius 1 is 1.48 bits per heavy atom. The van der Waals surface area contributed by atoms with Crippen LogP contribution in [0.1, 0.15) is 30.8 Å². The van der Waals surface area contributed by atoms with E-state index in [1.165, 1.54) is 18.3 Å². The summed E-state index contributed by atoms with van der Waals surface area (Å²) in [6, 6.07) is 3.86. The summed E-state index contributed by atoms with van der Waals surface area (Å²) in [6.45, 7) is 3.70. The van der Waals surface area contributed by atoms with E-state index in [0.717, 1.165) is 0 Å². The van der Waals surface area contributed by atoms with Crippen molar-refractivity contribution in [2.24, 2.45) is 5.92 Å². The molecular formula is C14H18N4O3. The highest BCUT2D eigenvalue weighted by atomic mass is 16.3. The van der Waals surface area contributed by atoms with Crippen molar-refractivity contribution in [3.63, 3.8) is 0 Å². The van der Waals surface area contributed by atoms with Crippen LogP contribution < -0.4 is 10.6 Å². The number of nitrogens with zero attached hydrogens (tertiary/aromatic N) is 2. The quantitative estimate of drug-likeness (QED) is 0.662. The van der Waals surface area contributed by atoms with Crippen LogP contribution in [0.5, 0.6) is 5.75 Å². The van der Waals surface area contributed by atoms with Crippen LogP contribution >= 0.6 is 0 Å². The summed E-state index contributed by atoms with van der Waals surface area (Å²) >= 11 is 0. The van der Waals surface area contributed by atoms with Crippen LogP contribution in [0.4, 0.5) is 0 Å². The van der Waals surface area contributed by atoms with Gasteiger partial charge in [-0.05, 0) is 24.5 Å². The van der Waals surface area contributed by atoms with Crippen molar-refractivity contribution in [3.05, 3.63) is 24.0 Å². The van der Waals surface area contributed by atoms with Crippen molar-refractivity contribution in [3.8, 4) is 11.8 Å². The molecule has 3 N–H and O–H groups in total. The molecule has 0 unspecified atom stereocenters. The van der Waals surface area contributed by atoms with Crippen molar-refractivity contribution in [1.82, 2.24) is 15.6 Å². The topological polar surface area (TPSA) is 115 Å². The molecule has 1 atom stereocenters. The first kappa shape index (κ1) is 16.4. The molecule has 0 saturated heterocycles. The maximum absolute atomic E-state index is 12.1. The van der Waals surface area contributed by atoms with Gasteiger partial charge in [0.15, 0.2) is 5.69 Å². The van der Waals surface area contributed by atoms with Crippen LogP contribution in [0, 0.1) is 17.2 Å². The fraction of sp³-hybridized carbons (Fsp3) is 0.429. The zero-order chi connectivity index (χ0) is 15.8. The third-order valence-corrected chi connectivity index (χ3v) is 2.67. The summed E-state index contributed by atoms with van der Waals surface area (Å²) < 4.78 is 0. The van der Waals surface area contributed by atoms with E-state index in [2.05, 4.69) is 15.6 Å². The third-order valence-electron chi connectivity index (χ3n) is 2.67. The molecule has 1 aromatic heterocycles. The van der Waals surface area contributed by atoms with Gasteiger partial charge in [-0.25, -0.2) is 4.98 Å². The van der Waals surface area contributed by atoms with E-state index in [4.69, 9.17) is 5.26 Å². The highest BCUT2D eigenvalue weighted by Gasteiger charge is 2.23. The molecule has 7 nitrogen and oxygen atoms in total. The van der Waals surface area contributed by atoms with Gasteiger partial charge in [-0.15, -0.1) is 0 Å². The van der Waals surface area contributed by atoms with E-state index >= 15 is 0 Å². The van der Waals surface area contributed by atoms with Crippen LogP contribution in [-0.4, -0.2) is 34.5 Å². The van der Waals surface area contributed by atoms with Crippen molar-refractivity contribution >= 4 is 11.8 Å². The standard InChI is InChI=1S/C14H18N4O3/c1-9(2)8-10(13(20)17-7-5-15)18-14(21)12-11(19)4-3-6-16-12/h3-4,6,9-10,19H,7-8H2,1-2H3,(H,17,20)(H,18,21)/t10-/m1/s1. The summed E-state index contributed by atoms with van der Waals surface area (Å²) in [6.07, 6.45) is 1.79. The molecule has 0 bridgehead atoms. The fourth-order valence-corrected chi connectivity index (χ4v) is 1.75. The molecule has 0 aliphatic heterocycles. The zero-order valence-corrected chi connectivity index (χ0v) is 12.0. The van der Waals surface area contributed by atoms with E-state index < -0.39 is 17.9 Å². The first-order valence-corrected chi connectivity index (χ1v) is 6.55. The Kier molecular flexibility index (Phi) is 6.14. The molecule has 1 rings (SSSR count). The van der Waals surface area contributed by atoms with Crippen LogP contribution in [0.3, 0.4) is 0 Å². The van der Waals surface area contributed by atoms with Gasteiger partial charge >= 0.3 is 0 Å². The molecule has 0 saturated carbocycles. The number of pyridine rings is 1. The molecule has 7 heteroatoms. The van der Waals surface area contributed by atoms with Gasteiger partial charge in [-0.2, -0.15) is 5.26 Å². The highest BCUT2D eigenvalue weighted by molar-refractivity contribution is 5.97. The van der Waals surface area contributed by atoms with Crippen molar-refractivity contribution in [2.75, 3.05) is 6.54 Å². The number of rotatable bonds is 6. The van der Waals surface area contributed by atoms with E-state index in [0.29, 0.717) is 6.42 Å². The Morgan fingerprint density at radius 2 is 2.19 bits per heavy atom. The summed E-state index contributed by atoms with van der Waals surface area (Å²) in [5.74, 6) is -1.16. The van der Waals surface area contributed by atoms with Gasteiger partial charge in [0.25, 0.3) is 5.91 Å². The average Bonchev–Trinajstić information content (AvgIpc) is 2.43. The van der Waals surface area contributed by atoms with E-state index in [1.54, 1.807) is 6.07 Å². The second-order valence-corrected chi connectivity index (χ2v) is 4.90. The number of nitrogens with one attached hydrogen (secondary N) is 2. The minimum absolute atomic E-state index is 0.127. The molecular weight excluding hydrogens is 272 g/mol. The first-order valence-electron chi connectivity index (χ1n) is 6.55. The summed E-state index contributed by atoms with van der Waals surface area (Å²) in [7, 11) is 0. The van der Waals surface area contributed by atoms with Crippen molar-refractivity contribution in [2.45, 2.75) is 26.3 Å². The molecule has 112 valence electrons. The number of carbonyl (C=O) groups is 2. The Hall–Kier alpha value is -2.62. The number of hydrogen-bond acceptors (Lipinski definition) is 5. The van der Waals surface area contributed by atoms with E-state index in [9.17, 15) is 14.7 Å². The van der Waals surface area contributed by atoms with Gasteiger partial charge < -0.3 is 15.7 Å². The van der Waals surface area contributed by atoms with Crippen LogP contribution in [0.2, 0.25) is 0 Å². The molecule has 0 aliphatic carbocycles. The minimum atomic E-state index is -0.785. The number of aromatic hydroxyl groups is 1. The number of aromatic nitrogens is 1. The van der Waals surface area contributed by atoms with Gasteiger partial charge in [0, 0.05) is 6.20 Å². The fourth-order valence-electron chi connectivity index (χ4n) is 1.75. The Balaban J connectivity index is 2.81. The minimum Gasteiger partial charge on any atom is -0.505 e. The lowest BCUT2D eigenvalue weighted by Gasteiger charge is -2.19. The lowest BCUT2D eigenvalue weighted by molar-refractivity contribution is -0.123. The smallest absolute Gasteiger partial charge is 0.274 e. The van der Waals surface area contributed by atoms with Crippen molar-refractivity contribution in [1.29, 1.82) is 5.26 Å². The predicted octanol–water partition coefficient (Wildman–Crippen LogP) is 0.571. The second kappa shape index (κ2) is 7.85. The van der Waals surface area contributed by atoms with Gasteiger partial charge in [0.2, 0.25) is 5.91 Å². The maximum atomic E-state index is 12.1. The molecule has 0 aromatic carbocycles. The second-order valence-electron chi connectivity index (χ2n) is 4.90. The lowest BCUT2D eigenvalue weighted by atomic mass is 10.0. The summed E-state index contributed by atoms with van der Waals surface area (Å²) in [4.78, 5) is 27.8. The van der Waals surface area contributed by atoms with E-state index in [1.807, 2.05) is 13.8 Å². The molecule has 0 fully saturated rings. The molecule has 1 heterocycles. The largest absolute Gasteiger partial charge is 0.505 e. The molecule has 1 aromatic rings. The monoisotopic (exact) mass is 290 g/mol. The van der Waals surface area contributed by atoms with Gasteiger partial charge in [-0.1, -0.05) is 13.8 Å². The average molecular weight is 290 g/mol. The van der Waals surface area contributed by atoms with Crippen molar-refractivity contribution < 1.29 is 14.7 Å². The van der Waals surface area contributed by atoms with Crippen LogP contribution in [-0.2, 0) is 4.79 Å². The number of nitriles is 1. The van der Waals surface area contributed by atoms with Gasteiger partial charge in [-0.3, -0.25) is 9.59 Å². The number of hydrogen-bond donors (Lipinski definition) is 3. The Bertz CT molecular complexity index is 551. The highest BCUT2D eigenvalue weighted by Crippen LogP contribution is 2.13. The Labute approximate surface area is 123 Å². The van der Waals surface area contributed by atoms with E-state index in [-0.39, 0.29) is 23.9 Å². The summed E-state index contributed by atoms with van der Waals surface area (Å²) in [5, 5.41) is 23.0. The normalized spacial score (nSPS) is 11.5. The van der Waals surface area contributed by atoms with Crippen LogP contribution in [0.15, 0.2) is 18.3 Å². The number of carbonyl (C=O) groups excluding carboxylic acids is 2. The Morgan fingerprint density at radius 3 is 2.76 bits per heavy atom. The number of amides is 2. The molecule has 0 aliphatic rings. The summed E-state index contributed by atoms with van der Waals surface area (Å²) in [5.41, 5.74) is -0.140. The van der Waals surface area contributed by atoms with Gasteiger partial charge in [0.1, 0.15) is 18.3 Å². The molecule has 21 heavy (non-hydrogen) atoms. The zero-order valence-electron chi connectivity index (χ0n) is 12.0. The molecule has 0 radical (unpaired) electrons. The third kappa shape index (κ3) is 5.10.